The van der Waals surface area contributed by atoms with Crippen LogP contribution in [0.4, 0.5) is 0 Å². The smallest absolute Gasteiger partial charge is 0.251 e. The van der Waals surface area contributed by atoms with Crippen molar-refractivity contribution in [3.05, 3.63) is 59.7 Å². The number of nitrogens with zero attached hydrogens (tertiary/aromatic N) is 1. The first kappa shape index (κ1) is 21.8. The van der Waals surface area contributed by atoms with E-state index in [1.165, 1.54) is 28.6 Å². The van der Waals surface area contributed by atoms with Gasteiger partial charge in [0.05, 0.1) is 18.1 Å². The predicted molar refractivity (Wildman–Crippen MR) is 113 cm³/mol. The van der Waals surface area contributed by atoms with Crippen molar-refractivity contribution in [3.63, 3.8) is 0 Å². The van der Waals surface area contributed by atoms with Crippen molar-refractivity contribution in [2.45, 2.75) is 11.3 Å². The van der Waals surface area contributed by atoms with Gasteiger partial charge in [-0.05, 0) is 48.4 Å². The Balaban J connectivity index is 1.51. The highest BCUT2D eigenvalue weighted by Gasteiger charge is 2.26. The van der Waals surface area contributed by atoms with E-state index in [9.17, 15) is 13.2 Å². The van der Waals surface area contributed by atoms with Crippen molar-refractivity contribution < 1.29 is 22.7 Å². The van der Waals surface area contributed by atoms with Crippen molar-refractivity contribution in [2.24, 2.45) is 0 Å². The fourth-order valence-corrected chi connectivity index (χ4v) is 4.42. The summed E-state index contributed by atoms with van der Waals surface area (Å²) >= 11 is 0. The molecule has 0 aromatic heterocycles. The summed E-state index contributed by atoms with van der Waals surface area (Å²) in [6.45, 7) is 2.13. The maximum atomic E-state index is 12.6. The Labute approximate surface area is 177 Å². The molecule has 7 nitrogen and oxygen atoms in total. The second-order valence-electron chi connectivity index (χ2n) is 6.68. The van der Waals surface area contributed by atoms with E-state index in [1.54, 1.807) is 0 Å². The molecule has 0 bridgehead atoms. The molecule has 8 heteroatoms. The van der Waals surface area contributed by atoms with Gasteiger partial charge in [-0.1, -0.05) is 18.1 Å². The number of sulfonamides is 1. The summed E-state index contributed by atoms with van der Waals surface area (Å²) in [7, 11) is -3.57. The van der Waals surface area contributed by atoms with E-state index in [1.807, 2.05) is 24.3 Å². The number of ether oxygens (including phenoxy) is 2. The molecule has 0 saturated carbocycles. The zero-order valence-electron chi connectivity index (χ0n) is 16.5. The van der Waals surface area contributed by atoms with E-state index >= 15 is 0 Å². The fraction of sp³-hybridized carbons (Fsp3) is 0.318. The van der Waals surface area contributed by atoms with Gasteiger partial charge in [0.15, 0.2) is 0 Å². The van der Waals surface area contributed by atoms with Crippen LogP contribution in [0.15, 0.2) is 53.4 Å². The van der Waals surface area contributed by atoms with E-state index in [0.717, 1.165) is 5.56 Å². The molecule has 0 aliphatic carbocycles. The van der Waals surface area contributed by atoms with Crippen molar-refractivity contribution in [2.75, 3.05) is 39.5 Å². The Morgan fingerprint density at radius 3 is 2.40 bits per heavy atom. The minimum absolute atomic E-state index is 0.174. The second kappa shape index (κ2) is 10.3. The zero-order valence-corrected chi connectivity index (χ0v) is 17.4. The van der Waals surface area contributed by atoms with Crippen LogP contribution in [0.25, 0.3) is 0 Å². The first-order valence-corrected chi connectivity index (χ1v) is 11.1. The minimum atomic E-state index is -3.57. The van der Waals surface area contributed by atoms with E-state index in [0.29, 0.717) is 50.6 Å². The molecule has 0 spiro atoms. The van der Waals surface area contributed by atoms with Crippen molar-refractivity contribution in [3.8, 4) is 18.1 Å². The minimum Gasteiger partial charge on any atom is -0.481 e. The molecule has 0 radical (unpaired) electrons. The zero-order chi connectivity index (χ0) is 21.4. The molecular formula is C22H24N2O5S. The maximum Gasteiger partial charge on any atom is 0.251 e. The molecule has 1 fully saturated rings. The summed E-state index contributed by atoms with van der Waals surface area (Å²) in [5.41, 5.74) is 1.46. The summed E-state index contributed by atoms with van der Waals surface area (Å²) in [4.78, 5) is 12.5. The highest BCUT2D eigenvalue weighted by Crippen LogP contribution is 2.18. The fourth-order valence-electron chi connectivity index (χ4n) is 3.01. The molecule has 158 valence electrons. The molecule has 1 N–H and O–H groups in total. The lowest BCUT2D eigenvalue weighted by Gasteiger charge is -2.26. The monoisotopic (exact) mass is 428 g/mol. The number of benzene rings is 2. The lowest BCUT2D eigenvalue weighted by Crippen LogP contribution is -2.40. The van der Waals surface area contributed by atoms with Crippen molar-refractivity contribution in [1.82, 2.24) is 9.62 Å². The highest BCUT2D eigenvalue weighted by atomic mass is 32.2. The van der Waals surface area contributed by atoms with Gasteiger partial charge in [0.1, 0.15) is 12.4 Å². The van der Waals surface area contributed by atoms with E-state index in [2.05, 4.69) is 11.2 Å². The molecule has 1 heterocycles. The van der Waals surface area contributed by atoms with Gasteiger partial charge in [-0.25, -0.2) is 8.42 Å². The second-order valence-corrected chi connectivity index (χ2v) is 8.62. The van der Waals surface area contributed by atoms with Crippen LogP contribution in [0.1, 0.15) is 15.9 Å². The summed E-state index contributed by atoms with van der Waals surface area (Å²) < 4.78 is 37.2. The predicted octanol–water partition coefficient (Wildman–Crippen LogP) is 1.69. The van der Waals surface area contributed by atoms with Crippen LogP contribution in [-0.2, 0) is 21.2 Å². The van der Waals surface area contributed by atoms with Crippen LogP contribution < -0.4 is 10.1 Å². The lowest BCUT2D eigenvalue weighted by atomic mass is 10.1. The standard InChI is InChI=1S/C22H24N2O5S/c1-2-15-29-20-7-3-18(4-8-20)11-12-23-22(25)19-5-9-21(10-6-19)30(26,27)24-13-16-28-17-14-24/h1,3-10H,11-17H2,(H,23,25). The van der Waals surface area contributed by atoms with Crippen LogP contribution in [0.5, 0.6) is 5.75 Å². The highest BCUT2D eigenvalue weighted by molar-refractivity contribution is 7.89. The van der Waals surface area contributed by atoms with Gasteiger partial charge in [0, 0.05) is 25.2 Å². The number of morpholine rings is 1. The van der Waals surface area contributed by atoms with Crippen LogP contribution in [0.3, 0.4) is 0 Å². The number of carbonyl (C=O) groups excluding carboxylic acids is 1. The van der Waals surface area contributed by atoms with E-state index in [4.69, 9.17) is 15.9 Å². The summed E-state index contributed by atoms with van der Waals surface area (Å²) in [6.07, 6.45) is 5.82. The van der Waals surface area contributed by atoms with Crippen molar-refractivity contribution in [1.29, 1.82) is 0 Å². The molecule has 0 atom stereocenters. The van der Waals surface area contributed by atoms with Crippen LogP contribution in [0, 0.1) is 12.3 Å². The van der Waals surface area contributed by atoms with Crippen LogP contribution in [0.2, 0.25) is 0 Å². The molecule has 1 aliphatic rings. The number of hydrogen-bond acceptors (Lipinski definition) is 5. The summed E-state index contributed by atoms with van der Waals surface area (Å²) in [5.74, 6) is 2.86. The maximum absolute atomic E-state index is 12.6. The molecule has 1 saturated heterocycles. The van der Waals surface area contributed by atoms with Gasteiger partial charge >= 0.3 is 0 Å². The third-order valence-corrected chi connectivity index (χ3v) is 6.58. The number of nitrogens with one attached hydrogen (secondary N) is 1. The van der Waals surface area contributed by atoms with Gasteiger partial charge in [-0.3, -0.25) is 4.79 Å². The largest absolute Gasteiger partial charge is 0.481 e. The Morgan fingerprint density at radius 1 is 1.10 bits per heavy atom. The molecule has 3 rings (SSSR count). The number of rotatable bonds is 8. The van der Waals surface area contributed by atoms with Gasteiger partial charge in [-0.15, -0.1) is 6.42 Å². The molecule has 2 aromatic rings. The number of terminal acetylenes is 1. The van der Waals surface area contributed by atoms with Gasteiger partial charge in [-0.2, -0.15) is 4.31 Å². The molecule has 2 aromatic carbocycles. The Hall–Kier alpha value is -2.86. The Kier molecular flexibility index (Phi) is 7.46. The first-order valence-electron chi connectivity index (χ1n) is 9.62. The molecule has 1 aliphatic heterocycles. The topological polar surface area (TPSA) is 84.9 Å². The molecule has 30 heavy (non-hydrogen) atoms. The summed E-state index contributed by atoms with van der Waals surface area (Å²) in [5, 5.41) is 2.84. The Bertz CT molecular complexity index is 989. The van der Waals surface area contributed by atoms with E-state index < -0.39 is 10.0 Å². The van der Waals surface area contributed by atoms with Gasteiger partial charge < -0.3 is 14.8 Å². The van der Waals surface area contributed by atoms with Gasteiger partial charge in [0.25, 0.3) is 5.91 Å². The average molecular weight is 429 g/mol. The number of hydrogen-bond donors (Lipinski definition) is 1. The van der Waals surface area contributed by atoms with Gasteiger partial charge in [0.2, 0.25) is 10.0 Å². The van der Waals surface area contributed by atoms with Crippen molar-refractivity contribution >= 4 is 15.9 Å². The van der Waals surface area contributed by atoms with Crippen LogP contribution in [-0.4, -0.2) is 58.1 Å². The summed E-state index contributed by atoms with van der Waals surface area (Å²) in [6, 6.07) is 13.5. The van der Waals surface area contributed by atoms with E-state index in [-0.39, 0.29) is 17.4 Å². The lowest BCUT2D eigenvalue weighted by molar-refractivity contribution is 0.0730. The Morgan fingerprint density at radius 2 is 1.77 bits per heavy atom. The van der Waals surface area contributed by atoms with Crippen LogP contribution >= 0.6 is 0 Å². The first-order chi connectivity index (χ1) is 14.5. The molecule has 1 amide bonds. The average Bonchev–Trinajstić information content (AvgIpc) is 2.79. The number of amides is 1. The quantitative estimate of drug-likeness (QED) is 0.647. The number of carbonyl (C=O) groups is 1. The molecule has 0 unspecified atom stereocenters. The SMILES string of the molecule is C#CCOc1ccc(CCNC(=O)c2ccc(S(=O)(=O)N3CCOCC3)cc2)cc1. The molecular weight excluding hydrogens is 404 g/mol. The third kappa shape index (κ3) is 5.60. The normalized spacial score (nSPS) is 14.6. The third-order valence-electron chi connectivity index (χ3n) is 4.67.